The van der Waals surface area contributed by atoms with Crippen LogP contribution in [0, 0.1) is 0 Å². The first-order chi connectivity index (χ1) is 19.4. The zero-order valence-corrected chi connectivity index (χ0v) is 23.1. The topological polar surface area (TPSA) is 101 Å². The Balaban J connectivity index is 1.20. The van der Waals surface area contributed by atoms with E-state index in [2.05, 4.69) is 24.1 Å². The number of likely N-dealkylation sites (N-methyl/N-ethyl adjacent to an activating group) is 1. The van der Waals surface area contributed by atoms with E-state index in [0.717, 1.165) is 24.3 Å². The van der Waals surface area contributed by atoms with Crippen molar-refractivity contribution in [1.82, 2.24) is 10.2 Å². The van der Waals surface area contributed by atoms with Crippen LogP contribution >= 0.6 is 0 Å². The molecule has 0 bridgehead atoms. The monoisotopic (exact) mass is 545 g/mol. The number of amides is 1. The summed E-state index contributed by atoms with van der Waals surface area (Å²) in [7, 11) is 1.95. The molecule has 1 amide bonds. The van der Waals surface area contributed by atoms with Gasteiger partial charge in [-0.1, -0.05) is 30.3 Å². The minimum absolute atomic E-state index is 0.0522. The van der Waals surface area contributed by atoms with Gasteiger partial charge in [0.1, 0.15) is 17.8 Å². The summed E-state index contributed by atoms with van der Waals surface area (Å²) < 4.78 is 16.3. The largest absolute Gasteiger partial charge is 0.460 e. The first-order valence-corrected chi connectivity index (χ1v) is 13.4. The second-order valence-electron chi connectivity index (χ2n) is 9.30. The number of esters is 1. The van der Waals surface area contributed by atoms with E-state index in [1.54, 1.807) is 6.08 Å². The van der Waals surface area contributed by atoms with Crippen molar-refractivity contribution in [3.05, 3.63) is 100 Å². The molecule has 9 heteroatoms. The number of rotatable bonds is 12. The van der Waals surface area contributed by atoms with E-state index in [0.29, 0.717) is 16.5 Å². The number of carbonyl (C=O) groups excluding carboxylic acids is 2. The van der Waals surface area contributed by atoms with Crippen LogP contribution in [0.4, 0.5) is 5.69 Å². The van der Waals surface area contributed by atoms with E-state index >= 15 is 0 Å². The predicted octanol–water partition coefficient (Wildman–Crippen LogP) is 4.06. The van der Waals surface area contributed by atoms with Crippen LogP contribution in [0.2, 0.25) is 0 Å². The molecule has 210 valence electrons. The van der Waals surface area contributed by atoms with Gasteiger partial charge in [-0.05, 0) is 49.8 Å². The lowest BCUT2D eigenvalue weighted by Gasteiger charge is -2.28. The Bertz CT molecular complexity index is 1440. The van der Waals surface area contributed by atoms with Crippen LogP contribution in [0.3, 0.4) is 0 Å². The average Bonchev–Trinajstić information content (AvgIpc) is 2.97. The van der Waals surface area contributed by atoms with Gasteiger partial charge in [-0.25, -0.2) is 9.59 Å². The molecular weight excluding hydrogens is 510 g/mol. The molecule has 1 unspecified atom stereocenters. The number of carbonyl (C=O) groups is 2. The number of benzene rings is 2. The molecular formula is C31H35N3O6. The molecule has 0 saturated heterocycles. The SMILES string of the molecule is CCN(CC)c1ccc2cc(C(=O)NCCOCCOC(=O)C3=CC(c4ccccc4)N(C)C=C3)c(=O)oc2c1. The van der Waals surface area contributed by atoms with Crippen molar-refractivity contribution in [1.29, 1.82) is 0 Å². The first-order valence-electron chi connectivity index (χ1n) is 13.4. The summed E-state index contributed by atoms with van der Waals surface area (Å²) in [5.41, 5.74) is 2.20. The van der Waals surface area contributed by atoms with Crippen LogP contribution in [-0.2, 0) is 14.3 Å². The number of anilines is 1. The van der Waals surface area contributed by atoms with Crippen LogP contribution in [0.15, 0.2) is 87.7 Å². The Hall–Kier alpha value is -4.37. The summed E-state index contributed by atoms with van der Waals surface area (Å²) in [5, 5.41) is 3.34. The Kier molecular flexibility index (Phi) is 9.75. The molecule has 3 aromatic rings. The number of ether oxygens (including phenoxy) is 2. The maximum Gasteiger partial charge on any atom is 0.349 e. The maximum absolute atomic E-state index is 12.6. The summed E-state index contributed by atoms with van der Waals surface area (Å²) in [5.74, 6) is -0.957. The van der Waals surface area contributed by atoms with Gasteiger partial charge in [0.15, 0.2) is 0 Å². The van der Waals surface area contributed by atoms with Gasteiger partial charge < -0.3 is 29.0 Å². The highest BCUT2D eigenvalue weighted by Crippen LogP contribution is 2.27. The fourth-order valence-corrected chi connectivity index (χ4v) is 4.51. The normalized spacial score (nSPS) is 14.6. The third-order valence-corrected chi connectivity index (χ3v) is 6.73. The van der Waals surface area contributed by atoms with E-state index in [1.165, 1.54) is 6.07 Å². The Labute approximate surface area is 233 Å². The first kappa shape index (κ1) is 28.6. The van der Waals surface area contributed by atoms with Crippen molar-refractivity contribution in [2.75, 3.05) is 51.4 Å². The fourth-order valence-electron chi connectivity index (χ4n) is 4.51. The van der Waals surface area contributed by atoms with Crippen molar-refractivity contribution in [2.45, 2.75) is 19.9 Å². The highest BCUT2D eigenvalue weighted by molar-refractivity contribution is 5.97. The van der Waals surface area contributed by atoms with Gasteiger partial charge in [0.2, 0.25) is 0 Å². The highest BCUT2D eigenvalue weighted by Gasteiger charge is 2.20. The molecule has 0 spiro atoms. The molecule has 0 radical (unpaired) electrons. The molecule has 0 fully saturated rings. The second-order valence-corrected chi connectivity index (χ2v) is 9.30. The summed E-state index contributed by atoms with van der Waals surface area (Å²) in [6.45, 7) is 6.41. The third-order valence-electron chi connectivity index (χ3n) is 6.73. The molecule has 9 nitrogen and oxygen atoms in total. The van der Waals surface area contributed by atoms with Gasteiger partial charge in [-0.3, -0.25) is 4.79 Å². The van der Waals surface area contributed by atoms with E-state index in [-0.39, 0.29) is 38.0 Å². The molecule has 2 aromatic carbocycles. The standard InChI is InChI=1S/C31H35N3O6/c1-4-34(5-2)25-12-11-23-19-26(31(37)40-28(23)21-25)29(35)32-14-16-38-17-18-39-30(36)24-13-15-33(3)27(20-24)22-9-7-6-8-10-22/h6-13,15,19-21,27H,4-5,14,16-18H2,1-3H3,(H,32,35). The van der Waals surface area contributed by atoms with Gasteiger partial charge in [0.05, 0.1) is 24.8 Å². The minimum Gasteiger partial charge on any atom is -0.460 e. The summed E-state index contributed by atoms with van der Waals surface area (Å²) in [4.78, 5) is 41.7. The number of fused-ring (bicyclic) bond motifs is 1. The lowest BCUT2D eigenvalue weighted by atomic mass is 10.0. The van der Waals surface area contributed by atoms with Crippen LogP contribution < -0.4 is 15.8 Å². The minimum atomic E-state index is -0.693. The van der Waals surface area contributed by atoms with Crippen molar-refractivity contribution in [2.24, 2.45) is 0 Å². The quantitative estimate of drug-likeness (QED) is 0.207. The molecule has 0 aliphatic carbocycles. The maximum atomic E-state index is 12.6. The smallest absolute Gasteiger partial charge is 0.349 e. The molecule has 1 aliphatic rings. The lowest BCUT2D eigenvalue weighted by Crippen LogP contribution is -2.31. The average molecular weight is 546 g/mol. The summed E-state index contributed by atoms with van der Waals surface area (Å²) in [6, 6.07) is 17.0. The zero-order chi connectivity index (χ0) is 28.5. The van der Waals surface area contributed by atoms with Gasteiger partial charge >= 0.3 is 11.6 Å². The lowest BCUT2D eigenvalue weighted by molar-refractivity contribution is -0.140. The van der Waals surface area contributed by atoms with Crippen molar-refractivity contribution in [3.63, 3.8) is 0 Å². The highest BCUT2D eigenvalue weighted by atomic mass is 16.6. The van der Waals surface area contributed by atoms with Crippen LogP contribution in [0.1, 0.15) is 35.8 Å². The fraction of sp³-hybridized carbons (Fsp3) is 0.323. The number of hydrogen-bond donors (Lipinski definition) is 1. The molecule has 1 N–H and O–H groups in total. The van der Waals surface area contributed by atoms with Gasteiger partial charge in [-0.15, -0.1) is 0 Å². The van der Waals surface area contributed by atoms with Gasteiger partial charge in [0, 0.05) is 50.0 Å². The van der Waals surface area contributed by atoms with E-state index in [4.69, 9.17) is 13.9 Å². The molecule has 0 saturated carbocycles. The molecule has 40 heavy (non-hydrogen) atoms. The second kappa shape index (κ2) is 13.6. The van der Waals surface area contributed by atoms with Crippen molar-refractivity contribution in [3.8, 4) is 0 Å². The Morgan fingerprint density at radius 3 is 2.55 bits per heavy atom. The third kappa shape index (κ3) is 6.98. The van der Waals surface area contributed by atoms with E-state index < -0.39 is 17.5 Å². The predicted molar refractivity (Wildman–Crippen MR) is 154 cm³/mol. The molecule has 2 heterocycles. The number of nitrogens with one attached hydrogen (secondary N) is 1. The molecule has 1 aliphatic heterocycles. The zero-order valence-electron chi connectivity index (χ0n) is 23.1. The Morgan fingerprint density at radius 2 is 1.80 bits per heavy atom. The number of hydrogen-bond acceptors (Lipinski definition) is 8. The van der Waals surface area contributed by atoms with E-state index in [9.17, 15) is 14.4 Å². The van der Waals surface area contributed by atoms with E-state index in [1.807, 2.05) is 72.8 Å². The van der Waals surface area contributed by atoms with Crippen LogP contribution in [0.25, 0.3) is 11.0 Å². The van der Waals surface area contributed by atoms with Gasteiger partial charge in [-0.2, -0.15) is 0 Å². The summed E-state index contributed by atoms with van der Waals surface area (Å²) >= 11 is 0. The molecule has 4 rings (SSSR count). The van der Waals surface area contributed by atoms with Crippen molar-refractivity contribution >= 4 is 28.5 Å². The molecule has 1 aromatic heterocycles. The summed E-state index contributed by atoms with van der Waals surface area (Å²) in [6.07, 6.45) is 5.46. The van der Waals surface area contributed by atoms with Gasteiger partial charge in [0.25, 0.3) is 5.91 Å². The number of nitrogens with zero attached hydrogens (tertiary/aromatic N) is 2. The molecule has 1 atom stereocenters. The van der Waals surface area contributed by atoms with Crippen LogP contribution in [0.5, 0.6) is 0 Å². The Morgan fingerprint density at radius 1 is 1.02 bits per heavy atom. The van der Waals surface area contributed by atoms with Crippen molar-refractivity contribution < 1.29 is 23.5 Å². The van der Waals surface area contributed by atoms with Crippen LogP contribution in [-0.4, -0.2) is 63.3 Å².